The molecule has 1 aliphatic rings. The zero-order chi connectivity index (χ0) is 26.9. The number of nitrogens with zero attached hydrogens (tertiary/aromatic N) is 2. The maximum Gasteiger partial charge on any atom is 0.258 e. The Balaban J connectivity index is 1.85. The summed E-state index contributed by atoms with van der Waals surface area (Å²) in [6, 6.07) is 19.0. The fourth-order valence-corrected chi connectivity index (χ4v) is 5.29. The first-order chi connectivity index (χ1) is 18.2. The molecule has 1 aliphatic carbocycles. The first-order valence-electron chi connectivity index (χ1n) is 11.8. The maximum absolute atomic E-state index is 14.1. The van der Waals surface area contributed by atoms with Crippen molar-refractivity contribution < 1.29 is 19.8 Å². The number of benzene rings is 3. The molecule has 0 unspecified atom stereocenters. The van der Waals surface area contributed by atoms with E-state index in [9.17, 15) is 29.4 Å². The quantitative estimate of drug-likeness (QED) is 0.378. The first kappa shape index (κ1) is 23.2. The minimum atomic E-state index is -0.629. The molecule has 3 aromatic carbocycles. The molecule has 5 aromatic rings. The van der Waals surface area contributed by atoms with Gasteiger partial charge in [-0.3, -0.25) is 19.2 Å². The maximum atomic E-state index is 14.1. The van der Waals surface area contributed by atoms with Crippen molar-refractivity contribution in [2.45, 2.75) is 0 Å². The molecule has 0 bridgehead atoms. The van der Waals surface area contributed by atoms with E-state index in [2.05, 4.69) is 0 Å². The molecular weight excluding hydrogens is 484 g/mol. The molecular formula is C30H20N2O6. The summed E-state index contributed by atoms with van der Waals surface area (Å²) in [4.78, 5) is 54.8. The van der Waals surface area contributed by atoms with Gasteiger partial charge in [0.25, 0.3) is 11.1 Å². The van der Waals surface area contributed by atoms with Crippen LogP contribution >= 0.6 is 0 Å². The van der Waals surface area contributed by atoms with E-state index in [4.69, 9.17) is 0 Å². The molecule has 0 saturated heterocycles. The van der Waals surface area contributed by atoms with Crippen molar-refractivity contribution in [1.29, 1.82) is 0 Å². The SMILES string of the molecule is Cn1c(C2=C(c3c(O)c4ccccc4c(=O)n3C)C(=O)c3ccccc3C2=O)c(O)c2ccccc2c1=O. The molecule has 0 atom stereocenters. The van der Waals surface area contributed by atoms with Gasteiger partial charge in [-0.25, -0.2) is 0 Å². The van der Waals surface area contributed by atoms with E-state index in [1.54, 1.807) is 60.7 Å². The summed E-state index contributed by atoms with van der Waals surface area (Å²) in [5, 5.41) is 23.7. The van der Waals surface area contributed by atoms with Crippen molar-refractivity contribution >= 4 is 44.3 Å². The Morgan fingerprint density at radius 3 is 1.18 bits per heavy atom. The van der Waals surface area contributed by atoms with Crippen molar-refractivity contribution in [3.05, 3.63) is 116 Å². The lowest BCUT2D eigenvalue weighted by Gasteiger charge is -2.25. The van der Waals surface area contributed by atoms with Gasteiger partial charge in [0.1, 0.15) is 11.5 Å². The highest BCUT2D eigenvalue weighted by atomic mass is 16.3. The van der Waals surface area contributed by atoms with E-state index in [1.165, 1.54) is 26.2 Å². The number of aromatic hydroxyl groups is 2. The van der Waals surface area contributed by atoms with Crippen LogP contribution in [0.15, 0.2) is 82.4 Å². The van der Waals surface area contributed by atoms with Gasteiger partial charge < -0.3 is 19.3 Å². The minimum absolute atomic E-state index is 0.0848. The standard InChI is InChI=1S/C30H20N2O6/c1-31-23(27(35)17-11-5-7-13-19(17)29(31)37)21-22(26(34)16-10-4-3-9-15(16)25(21)33)24-28(36)18-12-6-8-14-20(18)30(38)32(24)2/h3-14,35-36H,1-2H3. The van der Waals surface area contributed by atoms with Crippen LogP contribution in [0.25, 0.3) is 32.7 Å². The highest BCUT2D eigenvalue weighted by Crippen LogP contribution is 2.44. The Bertz CT molecular complexity index is 1900. The number of rotatable bonds is 2. The minimum Gasteiger partial charge on any atom is -0.505 e. The molecule has 8 nitrogen and oxygen atoms in total. The van der Waals surface area contributed by atoms with E-state index >= 15 is 0 Å². The molecule has 6 rings (SSSR count). The molecule has 2 heterocycles. The van der Waals surface area contributed by atoms with Crippen LogP contribution in [0.5, 0.6) is 11.5 Å². The zero-order valence-electron chi connectivity index (χ0n) is 20.4. The summed E-state index contributed by atoms with van der Waals surface area (Å²) in [6.45, 7) is 0. The first-order valence-corrected chi connectivity index (χ1v) is 11.8. The molecule has 0 fully saturated rings. The second-order valence-corrected chi connectivity index (χ2v) is 9.17. The fraction of sp³-hybridized carbons (Fsp3) is 0.0667. The predicted octanol–water partition coefficient (Wildman–Crippen LogP) is 3.79. The second kappa shape index (κ2) is 8.14. The Labute approximate surface area is 214 Å². The van der Waals surface area contributed by atoms with Gasteiger partial charge in [-0.1, -0.05) is 60.7 Å². The Morgan fingerprint density at radius 1 is 0.500 bits per heavy atom. The van der Waals surface area contributed by atoms with Crippen LogP contribution < -0.4 is 11.1 Å². The summed E-state index contributed by atoms with van der Waals surface area (Å²) in [7, 11) is 2.79. The third kappa shape index (κ3) is 2.97. The van der Waals surface area contributed by atoms with Crippen LogP contribution in [0.4, 0.5) is 0 Å². The van der Waals surface area contributed by atoms with Crippen LogP contribution in [0.1, 0.15) is 32.1 Å². The largest absolute Gasteiger partial charge is 0.505 e. The monoisotopic (exact) mass is 504 g/mol. The number of pyridine rings is 2. The van der Waals surface area contributed by atoms with Crippen molar-refractivity contribution in [2.75, 3.05) is 0 Å². The third-order valence-electron chi connectivity index (χ3n) is 7.15. The number of aromatic nitrogens is 2. The number of carbonyl (C=O) groups is 2. The second-order valence-electron chi connectivity index (χ2n) is 9.17. The Hall–Kier alpha value is -5.24. The summed E-state index contributed by atoms with van der Waals surface area (Å²) in [5.74, 6) is -2.01. The Kier molecular flexibility index (Phi) is 4.96. The van der Waals surface area contributed by atoms with Crippen molar-refractivity contribution in [2.24, 2.45) is 14.1 Å². The van der Waals surface area contributed by atoms with E-state index in [0.717, 1.165) is 9.13 Å². The van der Waals surface area contributed by atoms with Gasteiger partial charge >= 0.3 is 0 Å². The molecule has 0 saturated carbocycles. The molecule has 0 radical (unpaired) electrons. The summed E-state index contributed by atoms with van der Waals surface area (Å²) < 4.78 is 2.23. The number of allylic oxidation sites excluding steroid dienone is 2. The molecule has 186 valence electrons. The lowest BCUT2D eigenvalue weighted by atomic mass is 9.80. The van der Waals surface area contributed by atoms with Gasteiger partial charge in [-0.15, -0.1) is 0 Å². The van der Waals surface area contributed by atoms with Gasteiger partial charge in [-0.2, -0.15) is 0 Å². The molecule has 0 aliphatic heterocycles. The van der Waals surface area contributed by atoms with Gasteiger partial charge in [0.2, 0.25) is 0 Å². The number of Topliss-reactive ketones (excluding diaryl/α,β-unsaturated/α-hetero) is 2. The number of hydrogen-bond donors (Lipinski definition) is 2. The van der Waals surface area contributed by atoms with Crippen LogP contribution in [-0.2, 0) is 14.1 Å². The van der Waals surface area contributed by atoms with E-state index in [0.29, 0.717) is 0 Å². The lowest BCUT2D eigenvalue weighted by Crippen LogP contribution is -2.29. The molecule has 2 N–H and O–H groups in total. The van der Waals surface area contributed by atoms with E-state index in [-0.39, 0.29) is 66.7 Å². The van der Waals surface area contributed by atoms with Crippen LogP contribution in [0, 0.1) is 0 Å². The number of hydrogen-bond acceptors (Lipinski definition) is 6. The van der Waals surface area contributed by atoms with Crippen molar-refractivity contribution in [3.63, 3.8) is 0 Å². The normalized spacial score (nSPS) is 13.4. The fourth-order valence-electron chi connectivity index (χ4n) is 5.29. The summed E-state index contributed by atoms with van der Waals surface area (Å²) in [5.41, 5.74) is -1.74. The highest BCUT2D eigenvalue weighted by molar-refractivity contribution is 6.52. The topological polar surface area (TPSA) is 119 Å². The highest BCUT2D eigenvalue weighted by Gasteiger charge is 2.39. The van der Waals surface area contributed by atoms with Crippen LogP contribution in [0.3, 0.4) is 0 Å². The smallest absolute Gasteiger partial charge is 0.258 e. The van der Waals surface area contributed by atoms with Crippen molar-refractivity contribution in [1.82, 2.24) is 9.13 Å². The van der Waals surface area contributed by atoms with E-state index in [1.807, 2.05) is 0 Å². The summed E-state index contributed by atoms with van der Waals surface area (Å²) in [6.07, 6.45) is 0. The van der Waals surface area contributed by atoms with Crippen molar-refractivity contribution in [3.8, 4) is 11.5 Å². The Morgan fingerprint density at radius 2 is 0.816 bits per heavy atom. The van der Waals surface area contributed by atoms with Gasteiger partial charge in [0.15, 0.2) is 11.6 Å². The number of fused-ring (bicyclic) bond motifs is 3. The van der Waals surface area contributed by atoms with Gasteiger partial charge in [0, 0.05) is 36.0 Å². The lowest BCUT2D eigenvalue weighted by molar-refractivity contribution is 0.101. The van der Waals surface area contributed by atoms with E-state index < -0.39 is 22.7 Å². The molecule has 38 heavy (non-hydrogen) atoms. The summed E-state index contributed by atoms with van der Waals surface area (Å²) >= 11 is 0. The average Bonchev–Trinajstić information content (AvgIpc) is 2.94. The number of carbonyl (C=O) groups excluding carboxylic acids is 2. The van der Waals surface area contributed by atoms with Gasteiger partial charge in [0.05, 0.1) is 33.3 Å². The van der Waals surface area contributed by atoms with Crippen LogP contribution in [0.2, 0.25) is 0 Å². The zero-order valence-corrected chi connectivity index (χ0v) is 20.4. The predicted molar refractivity (Wildman–Crippen MR) is 144 cm³/mol. The molecule has 2 aromatic heterocycles. The molecule has 0 amide bonds. The van der Waals surface area contributed by atoms with Gasteiger partial charge in [-0.05, 0) is 12.1 Å². The molecule has 8 heteroatoms. The number of ketones is 2. The third-order valence-corrected chi connectivity index (χ3v) is 7.15. The molecule has 0 spiro atoms. The average molecular weight is 504 g/mol. The van der Waals surface area contributed by atoms with Crippen LogP contribution in [-0.4, -0.2) is 30.9 Å².